The lowest BCUT2D eigenvalue weighted by atomic mass is 10.1. The Hall–Kier alpha value is -0.810. The Bertz CT molecular complexity index is 238. The Labute approximate surface area is 110 Å². The van der Waals surface area contributed by atoms with Crippen molar-refractivity contribution in [3.63, 3.8) is 0 Å². The number of urea groups is 1. The van der Waals surface area contributed by atoms with Crippen LogP contribution in [0.25, 0.3) is 0 Å². The third-order valence-electron chi connectivity index (χ3n) is 3.55. The smallest absolute Gasteiger partial charge is 0.320 e. The number of rotatable bonds is 6. The minimum atomic E-state index is 0.169. The molecule has 1 aliphatic heterocycles. The summed E-state index contributed by atoms with van der Waals surface area (Å²) in [6.45, 7) is 8.97. The van der Waals surface area contributed by atoms with Crippen LogP contribution in [0.2, 0.25) is 0 Å². The van der Waals surface area contributed by atoms with Gasteiger partial charge in [0, 0.05) is 45.9 Å². The molecule has 106 valence electrons. The van der Waals surface area contributed by atoms with Gasteiger partial charge in [0.05, 0.1) is 6.61 Å². The molecule has 0 unspecified atom stereocenters. The summed E-state index contributed by atoms with van der Waals surface area (Å²) in [5.41, 5.74) is 0. The predicted molar refractivity (Wildman–Crippen MR) is 72.8 cm³/mol. The molecule has 1 N–H and O–H groups in total. The lowest BCUT2D eigenvalue weighted by Crippen LogP contribution is -2.54. The van der Waals surface area contributed by atoms with E-state index in [1.165, 1.54) is 0 Å². The van der Waals surface area contributed by atoms with E-state index in [4.69, 9.17) is 4.74 Å². The number of carbonyl (C=O) groups excluding carboxylic acids is 1. The largest absolute Gasteiger partial charge is 0.383 e. The quantitative estimate of drug-likeness (QED) is 0.776. The van der Waals surface area contributed by atoms with Gasteiger partial charge in [-0.05, 0) is 12.8 Å². The highest BCUT2D eigenvalue weighted by molar-refractivity contribution is 5.75. The van der Waals surface area contributed by atoms with Crippen molar-refractivity contribution in [3.05, 3.63) is 0 Å². The van der Waals surface area contributed by atoms with Crippen LogP contribution < -0.4 is 5.32 Å². The molecule has 0 radical (unpaired) electrons. The standard InChI is InChI=1S/C13H27N3O2/c1-4-12(5-2)16(10-11-18-3)13(17)15-8-6-14-7-9-15/h12,14H,4-11H2,1-3H3. The summed E-state index contributed by atoms with van der Waals surface area (Å²) < 4.78 is 5.12. The van der Waals surface area contributed by atoms with E-state index in [9.17, 15) is 4.79 Å². The molecular formula is C13H27N3O2. The normalized spacial score (nSPS) is 16.1. The highest BCUT2D eigenvalue weighted by Crippen LogP contribution is 2.12. The van der Waals surface area contributed by atoms with Gasteiger partial charge in [-0.3, -0.25) is 0 Å². The van der Waals surface area contributed by atoms with Gasteiger partial charge in [0.25, 0.3) is 0 Å². The molecule has 1 saturated heterocycles. The van der Waals surface area contributed by atoms with Gasteiger partial charge < -0.3 is 19.9 Å². The van der Waals surface area contributed by atoms with Crippen molar-refractivity contribution in [3.8, 4) is 0 Å². The topological polar surface area (TPSA) is 44.8 Å². The number of carbonyl (C=O) groups is 1. The van der Waals surface area contributed by atoms with Crippen molar-refractivity contribution in [1.29, 1.82) is 0 Å². The van der Waals surface area contributed by atoms with E-state index >= 15 is 0 Å². The van der Waals surface area contributed by atoms with E-state index in [1.54, 1.807) is 7.11 Å². The molecule has 0 aromatic rings. The van der Waals surface area contributed by atoms with Crippen molar-refractivity contribution in [1.82, 2.24) is 15.1 Å². The summed E-state index contributed by atoms with van der Waals surface area (Å²) in [6, 6.07) is 0.491. The minimum Gasteiger partial charge on any atom is -0.383 e. The van der Waals surface area contributed by atoms with E-state index < -0.39 is 0 Å². The van der Waals surface area contributed by atoms with E-state index in [2.05, 4.69) is 19.2 Å². The fourth-order valence-electron chi connectivity index (χ4n) is 2.39. The number of amides is 2. The number of piperazine rings is 1. The lowest BCUT2D eigenvalue weighted by molar-refractivity contribution is 0.0990. The van der Waals surface area contributed by atoms with Crippen molar-refractivity contribution >= 4 is 6.03 Å². The van der Waals surface area contributed by atoms with E-state index in [0.717, 1.165) is 39.0 Å². The SMILES string of the molecule is CCC(CC)N(CCOC)C(=O)N1CCNCC1. The molecule has 18 heavy (non-hydrogen) atoms. The van der Waals surface area contributed by atoms with Crippen LogP contribution in [-0.4, -0.2) is 68.3 Å². The zero-order chi connectivity index (χ0) is 13.4. The Balaban J connectivity index is 2.63. The Morgan fingerprint density at radius 3 is 2.44 bits per heavy atom. The predicted octanol–water partition coefficient (Wildman–Crippen LogP) is 1.15. The van der Waals surface area contributed by atoms with Gasteiger partial charge in [0.2, 0.25) is 0 Å². The average Bonchev–Trinajstić information content (AvgIpc) is 2.43. The van der Waals surface area contributed by atoms with Crippen molar-refractivity contribution < 1.29 is 9.53 Å². The Morgan fingerprint density at radius 2 is 1.94 bits per heavy atom. The van der Waals surface area contributed by atoms with Crippen molar-refractivity contribution in [2.45, 2.75) is 32.7 Å². The van der Waals surface area contributed by atoms with Gasteiger partial charge in [0.1, 0.15) is 0 Å². The Kier molecular flexibility index (Phi) is 7.05. The highest BCUT2D eigenvalue weighted by atomic mass is 16.5. The Morgan fingerprint density at radius 1 is 1.33 bits per heavy atom. The first-order valence-electron chi connectivity index (χ1n) is 6.99. The van der Waals surface area contributed by atoms with Crippen LogP contribution in [0.3, 0.4) is 0 Å². The molecule has 0 aromatic carbocycles. The van der Waals surface area contributed by atoms with Crippen LogP contribution in [0.1, 0.15) is 26.7 Å². The van der Waals surface area contributed by atoms with Gasteiger partial charge >= 0.3 is 6.03 Å². The van der Waals surface area contributed by atoms with Gasteiger partial charge in [0.15, 0.2) is 0 Å². The number of hydrogen-bond acceptors (Lipinski definition) is 3. The minimum absolute atomic E-state index is 0.169. The molecule has 0 saturated carbocycles. The molecule has 0 aliphatic carbocycles. The summed E-state index contributed by atoms with van der Waals surface area (Å²) in [4.78, 5) is 16.5. The maximum absolute atomic E-state index is 12.5. The number of nitrogens with one attached hydrogen (secondary N) is 1. The van der Waals surface area contributed by atoms with Crippen LogP contribution in [0.15, 0.2) is 0 Å². The molecule has 1 aliphatic rings. The summed E-state index contributed by atoms with van der Waals surface area (Å²) in [5.74, 6) is 0. The van der Waals surface area contributed by atoms with E-state index in [1.807, 2.05) is 9.80 Å². The summed E-state index contributed by atoms with van der Waals surface area (Å²) in [7, 11) is 1.68. The molecule has 2 amide bonds. The maximum Gasteiger partial charge on any atom is 0.320 e. The second kappa shape index (κ2) is 8.32. The van der Waals surface area contributed by atoms with Crippen LogP contribution in [0.5, 0.6) is 0 Å². The van der Waals surface area contributed by atoms with E-state index in [-0.39, 0.29) is 6.03 Å². The van der Waals surface area contributed by atoms with Gasteiger partial charge in [-0.25, -0.2) is 4.79 Å². The summed E-state index contributed by atoms with van der Waals surface area (Å²) in [6.07, 6.45) is 2.00. The van der Waals surface area contributed by atoms with Crippen LogP contribution in [0, 0.1) is 0 Å². The first kappa shape index (κ1) is 15.2. The maximum atomic E-state index is 12.5. The highest BCUT2D eigenvalue weighted by Gasteiger charge is 2.26. The summed E-state index contributed by atoms with van der Waals surface area (Å²) >= 11 is 0. The number of hydrogen-bond donors (Lipinski definition) is 1. The van der Waals surface area contributed by atoms with E-state index in [0.29, 0.717) is 19.2 Å². The fourth-order valence-corrected chi connectivity index (χ4v) is 2.39. The molecule has 0 atom stereocenters. The third kappa shape index (κ3) is 4.14. The second-order valence-electron chi connectivity index (χ2n) is 4.68. The van der Waals surface area contributed by atoms with Gasteiger partial charge in [-0.1, -0.05) is 13.8 Å². The first-order chi connectivity index (χ1) is 8.74. The third-order valence-corrected chi connectivity index (χ3v) is 3.55. The van der Waals surface area contributed by atoms with Gasteiger partial charge in [-0.2, -0.15) is 0 Å². The van der Waals surface area contributed by atoms with Crippen LogP contribution in [-0.2, 0) is 4.74 Å². The number of nitrogens with zero attached hydrogens (tertiary/aromatic N) is 2. The molecule has 0 bridgehead atoms. The van der Waals surface area contributed by atoms with Crippen molar-refractivity contribution in [2.24, 2.45) is 0 Å². The van der Waals surface area contributed by atoms with Crippen LogP contribution in [0.4, 0.5) is 4.79 Å². The molecular weight excluding hydrogens is 230 g/mol. The summed E-state index contributed by atoms with van der Waals surface area (Å²) in [5, 5.41) is 3.27. The lowest BCUT2D eigenvalue weighted by Gasteiger charge is -2.37. The molecule has 0 spiro atoms. The zero-order valence-corrected chi connectivity index (χ0v) is 11.9. The number of ether oxygens (including phenoxy) is 1. The second-order valence-corrected chi connectivity index (χ2v) is 4.68. The van der Waals surface area contributed by atoms with Crippen LogP contribution >= 0.6 is 0 Å². The molecule has 1 rings (SSSR count). The molecule has 1 heterocycles. The molecule has 0 aromatic heterocycles. The average molecular weight is 257 g/mol. The first-order valence-corrected chi connectivity index (χ1v) is 6.99. The molecule has 1 fully saturated rings. The number of methoxy groups -OCH3 is 1. The molecule has 5 nitrogen and oxygen atoms in total. The molecule has 5 heteroatoms. The monoisotopic (exact) mass is 257 g/mol. The fraction of sp³-hybridized carbons (Fsp3) is 0.923. The van der Waals surface area contributed by atoms with Gasteiger partial charge in [-0.15, -0.1) is 0 Å². The van der Waals surface area contributed by atoms with Crippen molar-refractivity contribution in [2.75, 3.05) is 46.4 Å². The zero-order valence-electron chi connectivity index (χ0n) is 11.9.